The van der Waals surface area contributed by atoms with Crippen LogP contribution < -0.4 is 5.32 Å². The second-order valence-corrected chi connectivity index (χ2v) is 4.57. The summed E-state index contributed by atoms with van der Waals surface area (Å²) in [7, 11) is 1.40. The molecule has 0 radical (unpaired) electrons. The van der Waals surface area contributed by atoms with Gasteiger partial charge in [-0.15, -0.1) is 11.8 Å². The van der Waals surface area contributed by atoms with Crippen LogP contribution in [0.4, 0.5) is 5.69 Å². The molecule has 1 aromatic rings. The number of hydrogen-bond donors (Lipinski definition) is 1. The smallest absolute Gasteiger partial charge is 0.333 e. The number of hydrogen-bond acceptors (Lipinski definition) is 4. The Labute approximate surface area is 113 Å². The second kappa shape index (κ2) is 7.82. The van der Waals surface area contributed by atoms with Gasteiger partial charge in [0.1, 0.15) is 0 Å². The van der Waals surface area contributed by atoms with E-state index in [1.165, 1.54) is 12.0 Å². The third kappa shape index (κ3) is 4.45. The SMILES string of the molecule is CC/C(=C/CNc1cccc(SC)c1)C(=O)OC. The van der Waals surface area contributed by atoms with Gasteiger partial charge in [-0.05, 0) is 30.9 Å². The van der Waals surface area contributed by atoms with E-state index < -0.39 is 0 Å². The van der Waals surface area contributed by atoms with Gasteiger partial charge >= 0.3 is 5.97 Å². The fourth-order valence-corrected chi connectivity index (χ4v) is 1.99. The molecule has 18 heavy (non-hydrogen) atoms. The first-order chi connectivity index (χ1) is 8.71. The minimum atomic E-state index is -0.253. The highest BCUT2D eigenvalue weighted by Crippen LogP contribution is 2.18. The molecule has 0 saturated heterocycles. The summed E-state index contributed by atoms with van der Waals surface area (Å²) in [6.45, 7) is 2.56. The second-order valence-electron chi connectivity index (χ2n) is 3.69. The van der Waals surface area contributed by atoms with Crippen molar-refractivity contribution >= 4 is 23.4 Å². The largest absolute Gasteiger partial charge is 0.466 e. The van der Waals surface area contributed by atoms with Crippen LogP contribution >= 0.6 is 11.8 Å². The molecule has 1 aromatic carbocycles. The zero-order valence-electron chi connectivity index (χ0n) is 11.0. The lowest BCUT2D eigenvalue weighted by Crippen LogP contribution is -2.07. The molecule has 0 aliphatic carbocycles. The fraction of sp³-hybridized carbons (Fsp3) is 0.357. The fourth-order valence-electron chi connectivity index (χ4n) is 1.53. The van der Waals surface area contributed by atoms with Crippen LogP contribution in [0.25, 0.3) is 0 Å². The summed E-state index contributed by atoms with van der Waals surface area (Å²) in [4.78, 5) is 12.6. The maximum atomic E-state index is 11.4. The monoisotopic (exact) mass is 265 g/mol. The lowest BCUT2D eigenvalue weighted by atomic mass is 10.2. The molecule has 0 aliphatic rings. The van der Waals surface area contributed by atoms with Crippen molar-refractivity contribution in [2.24, 2.45) is 0 Å². The van der Waals surface area contributed by atoms with Crippen LogP contribution in [0.15, 0.2) is 40.8 Å². The first-order valence-corrected chi connectivity index (χ1v) is 7.09. The Balaban J connectivity index is 2.58. The van der Waals surface area contributed by atoms with E-state index >= 15 is 0 Å². The van der Waals surface area contributed by atoms with Crippen molar-refractivity contribution in [1.82, 2.24) is 0 Å². The zero-order valence-corrected chi connectivity index (χ0v) is 11.8. The molecular weight excluding hydrogens is 246 g/mol. The third-order valence-corrected chi connectivity index (χ3v) is 3.28. The van der Waals surface area contributed by atoms with Crippen LogP contribution in [0.3, 0.4) is 0 Å². The van der Waals surface area contributed by atoms with Gasteiger partial charge in [0, 0.05) is 22.7 Å². The summed E-state index contributed by atoms with van der Waals surface area (Å²) in [5, 5.41) is 3.27. The minimum Gasteiger partial charge on any atom is -0.466 e. The van der Waals surface area contributed by atoms with Gasteiger partial charge in [0.2, 0.25) is 0 Å². The van der Waals surface area contributed by atoms with E-state index in [1.807, 2.05) is 31.4 Å². The van der Waals surface area contributed by atoms with E-state index in [1.54, 1.807) is 11.8 Å². The quantitative estimate of drug-likeness (QED) is 0.486. The van der Waals surface area contributed by atoms with E-state index in [4.69, 9.17) is 4.74 Å². The number of carbonyl (C=O) groups is 1. The van der Waals surface area contributed by atoms with Gasteiger partial charge in [-0.2, -0.15) is 0 Å². The Morgan fingerprint density at radius 1 is 1.50 bits per heavy atom. The number of esters is 1. The van der Waals surface area contributed by atoms with Crippen molar-refractivity contribution < 1.29 is 9.53 Å². The highest BCUT2D eigenvalue weighted by atomic mass is 32.2. The van der Waals surface area contributed by atoms with E-state index in [0.29, 0.717) is 18.5 Å². The summed E-state index contributed by atoms with van der Waals surface area (Å²) < 4.78 is 4.70. The zero-order chi connectivity index (χ0) is 13.4. The Bertz CT molecular complexity index is 430. The molecule has 0 bridgehead atoms. The number of anilines is 1. The van der Waals surface area contributed by atoms with Gasteiger partial charge in [-0.3, -0.25) is 0 Å². The van der Waals surface area contributed by atoms with Crippen LogP contribution in [0.5, 0.6) is 0 Å². The van der Waals surface area contributed by atoms with Crippen molar-refractivity contribution in [3.63, 3.8) is 0 Å². The number of methoxy groups -OCH3 is 1. The molecule has 0 saturated carbocycles. The predicted octanol–water partition coefficient (Wildman–Crippen LogP) is 3.33. The van der Waals surface area contributed by atoms with Crippen molar-refractivity contribution in [3.05, 3.63) is 35.9 Å². The predicted molar refractivity (Wildman–Crippen MR) is 77.1 cm³/mol. The van der Waals surface area contributed by atoms with Crippen molar-refractivity contribution in [2.75, 3.05) is 25.2 Å². The molecule has 0 unspecified atom stereocenters. The highest BCUT2D eigenvalue weighted by molar-refractivity contribution is 7.98. The third-order valence-electron chi connectivity index (χ3n) is 2.55. The minimum absolute atomic E-state index is 0.253. The topological polar surface area (TPSA) is 38.3 Å². The normalized spacial score (nSPS) is 11.2. The lowest BCUT2D eigenvalue weighted by Gasteiger charge is -2.06. The molecule has 0 atom stereocenters. The summed E-state index contributed by atoms with van der Waals surface area (Å²) in [6, 6.07) is 8.18. The summed E-state index contributed by atoms with van der Waals surface area (Å²) in [6.07, 6.45) is 4.60. The van der Waals surface area contributed by atoms with Crippen LogP contribution in [-0.2, 0) is 9.53 Å². The van der Waals surface area contributed by atoms with Gasteiger partial charge in [0.05, 0.1) is 7.11 Å². The summed E-state index contributed by atoms with van der Waals surface area (Å²) >= 11 is 1.71. The summed E-state index contributed by atoms with van der Waals surface area (Å²) in [5.74, 6) is -0.253. The maximum Gasteiger partial charge on any atom is 0.333 e. The molecule has 0 amide bonds. The average molecular weight is 265 g/mol. The number of nitrogens with one attached hydrogen (secondary N) is 1. The van der Waals surface area contributed by atoms with E-state index in [-0.39, 0.29) is 5.97 Å². The maximum absolute atomic E-state index is 11.4. The number of thioether (sulfide) groups is 1. The van der Waals surface area contributed by atoms with Gasteiger partial charge in [0.25, 0.3) is 0 Å². The highest BCUT2D eigenvalue weighted by Gasteiger charge is 2.05. The van der Waals surface area contributed by atoms with Crippen molar-refractivity contribution in [1.29, 1.82) is 0 Å². The molecule has 0 fully saturated rings. The van der Waals surface area contributed by atoms with Crippen LogP contribution in [0, 0.1) is 0 Å². The Morgan fingerprint density at radius 2 is 2.28 bits per heavy atom. The van der Waals surface area contributed by atoms with Gasteiger partial charge < -0.3 is 10.1 Å². The number of rotatable bonds is 6. The van der Waals surface area contributed by atoms with Gasteiger partial charge in [-0.1, -0.05) is 19.1 Å². The molecule has 4 heteroatoms. The van der Waals surface area contributed by atoms with E-state index in [2.05, 4.69) is 17.4 Å². The van der Waals surface area contributed by atoms with Crippen molar-refractivity contribution in [2.45, 2.75) is 18.2 Å². The molecular formula is C14H19NO2S. The van der Waals surface area contributed by atoms with E-state index in [9.17, 15) is 4.79 Å². The number of benzene rings is 1. The van der Waals surface area contributed by atoms with E-state index in [0.717, 1.165) is 5.69 Å². The molecule has 0 aliphatic heterocycles. The molecule has 1 N–H and O–H groups in total. The Hall–Kier alpha value is -1.42. The first-order valence-electron chi connectivity index (χ1n) is 5.86. The first kappa shape index (κ1) is 14.6. The molecule has 0 heterocycles. The van der Waals surface area contributed by atoms with Gasteiger partial charge in [-0.25, -0.2) is 4.79 Å². The summed E-state index contributed by atoms with van der Waals surface area (Å²) in [5.41, 5.74) is 1.75. The average Bonchev–Trinajstić information content (AvgIpc) is 2.43. The van der Waals surface area contributed by atoms with Gasteiger partial charge in [0.15, 0.2) is 0 Å². The van der Waals surface area contributed by atoms with Crippen LogP contribution in [-0.4, -0.2) is 25.9 Å². The Kier molecular flexibility index (Phi) is 6.36. The van der Waals surface area contributed by atoms with Crippen molar-refractivity contribution in [3.8, 4) is 0 Å². The Morgan fingerprint density at radius 3 is 2.89 bits per heavy atom. The molecule has 3 nitrogen and oxygen atoms in total. The molecule has 98 valence electrons. The standard InChI is InChI=1S/C14H19NO2S/c1-4-11(14(16)17-2)8-9-15-12-6-5-7-13(10-12)18-3/h5-8,10,15H,4,9H2,1-3H3/b11-8-. The molecule has 0 spiro atoms. The molecule has 1 rings (SSSR count). The number of carbonyl (C=O) groups excluding carboxylic acids is 1. The molecule has 0 aromatic heterocycles. The number of ether oxygens (including phenoxy) is 1. The lowest BCUT2D eigenvalue weighted by molar-refractivity contribution is -0.136. The van der Waals surface area contributed by atoms with Crippen LogP contribution in [0.2, 0.25) is 0 Å². The van der Waals surface area contributed by atoms with Crippen LogP contribution in [0.1, 0.15) is 13.3 Å².